The number of nitrogens with two attached hydrogens (primary N) is 1. The van der Waals surface area contributed by atoms with Crippen molar-refractivity contribution in [2.75, 3.05) is 12.4 Å². The van der Waals surface area contributed by atoms with Gasteiger partial charge in [0.05, 0.1) is 17.9 Å². The Labute approximate surface area is 110 Å². The minimum atomic E-state index is -0.402. The molecule has 0 unspecified atom stereocenters. The Morgan fingerprint density at radius 3 is 2.72 bits per heavy atom. The second-order valence-electron chi connectivity index (χ2n) is 4.29. The summed E-state index contributed by atoms with van der Waals surface area (Å²) in [6, 6.07) is 7.10. The smallest absolute Gasteiger partial charge is 0.339 e. The summed E-state index contributed by atoms with van der Waals surface area (Å²) in [6.07, 6.45) is 2.29. The molecule has 0 heterocycles. The zero-order valence-corrected chi connectivity index (χ0v) is 10.7. The van der Waals surface area contributed by atoms with Crippen LogP contribution in [0.25, 0.3) is 0 Å². The summed E-state index contributed by atoms with van der Waals surface area (Å²) in [6.45, 7) is 0.494. The number of amides is 1. The molecule has 0 aromatic heterocycles. The van der Waals surface area contributed by atoms with Crippen molar-refractivity contribution in [3.8, 4) is 0 Å². The van der Waals surface area contributed by atoms with Crippen LogP contribution in [-0.4, -0.2) is 24.2 Å². The first-order valence-electron chi connectivity index (χ1n) is 5.84. The lowest BCUT2D eigenvalue weighted by Crippen LogP contribution is -2.14. The molecule has 0 radical (unpaired) electrons. The molecular weight excluding hydrogens is 250 g/mol. The molecule has 1 amide bonds. The minimum absolute atomic E-state index is 0.160. The van der Waals surface area contributed by atoms with Crippen molar-refractivity contribution in [3.05, 3.63) is 29.8 Å². The van der Waals surface area contributed by atoms with E-state index in [0.717, 1.165) is 17.7 Å². The average Bonchev–Trinajstić information content (AvgIpc) is 3.18. The predicted molar refractivity (Wildman–Crippen MR) is 69.4 cm³/mol. The number of hydrogen-bond donors (Lipinski definition) is 1. The standard InChI is InChI=1S/C13H15NO3S/c14-12(15)8-18-11-4-2-1-3-10(11)13(16)17-7-9-5-6-9/h1-4,9H,5-8H2,(H2,14,15). The molecule has 4 nitrogen and oxygen atoms in total. The second kappa shape index (κ2) is 5.91. The highest BCUT2D eigenvalue weighted by molar-refractivity contribution is 8.00. The van der Waals surface area contributed by atoms with E-state index < -0.39 is 5.91 Å². The van der Waals surface area contributed by atoms with Crippen LogP contribution < -0.4 is 5.73 Å². The summed E-state index contributed by atoms with van der Waals surface area (Å²) >= 11 is 1.26. The van der Waals surface area contributed by atoms with Gasteiger partial charge in [-0.1, -0.05) is 12.1 Å². The van der Waals surface area contributed by atoms with Gasteiger partial charge in [-0.05, 0) is 30.9 Å². The third kappa shape index (κ3) is 3.77. The number of benzene rings is 1. The molecule has 1 aromatic carbocycles. The number of ether oxygens (including phenoxy) is 1. The van der Waals surface area contributed by atoms with Crippen molar-refractivity contribution in [1.29, 1.82) is 0 Å². The van der Waals surface area contributed by atoms with Gasteiger partial charge in [-0.3, -0.25) is 4.79 Å². The Hall–Kier alpha value is -1.49. The number of carbonyl (C=O) groups is 2. The molecule has 0 bridgehead atoms. The molecule has 0 aliphatic heterocycles. The van der Waals surface area contributed by atoms with Crippen LogP contribution in [0.15, 0.2) is 29.2 Å². The summed E-state index contributed by atoms with van der Waals surface area (Å²) in [7, 11) is 0. The molecule has 96 valence electrons. The first-order valence-corrected chi connectivity index (χ1v) is 6.82. The third-order valence-corrected chi connectivity index (χ3v) is 3.72. The van der Waals surface area contributed by atoms with E-state index in [-0.39, 0.29) is 11.7 Å². The van der Waals surface area contributed by atoms with Gasteiger partial charge in [-0.25, -0.2) is 4.79 Å². The van der Waals surface area contributed by atoms with E-state index in [0.29, 0.717) is 18.1 Å². The molecule has 0 saturated heterocycles. The van der Waals surface area contributed by atoms with Crippen LogP contribution in [0, 0.1) is 5.92 Å². The van der Waals surface area contributed by atoms with Crippen LogP contribution in [-0.2, 0) is 9.53 Å². The predicted octanol–water partition coefficient (Wildman–Crippen LogP) is 1.83. The number of thioether (sulfide) groups is 1. The van der Waals surface area contributed by atoms with Crippen LogP contribution in [0.4, 0.5) is 0 Å². The molecule has 1 aliphatic rings. The fourth-order valence-corrected chi connectivity index (χ4v) is 2.25. The van der Waals surface area contributed by atoms with Crippen LogP contribution in [0.3, 0.4) is 0 Å². The normalized spacial score (nSPS) is 14.2. The Balaban J connectivity index is 2.00. The van der Waals surface area contributed by atoms with E-state index in [2.05, 4.69) is 0 Å². The Morgan fingerprint density at radius 1 is 1.33 bits per heavy atom. The first-order chi connectivity index (χ1) is 8.66. The first kappa shape index (κ1) is 13.0. The number of carbonyl (C=O) groups excluding carboxylic acids is 2. The van der Waals surface area contributed by atoms with Crippen LogP contribution in [0.5, 0.6) is 0 Å². The molecule has 1 saturated carbocycles. The molecule has 1 aliphatic carbocycles. The van der Waals surface area contributed by atoms with Crippen molar-refractivity contribution >= 4 is 23.6 Å². The number of hydrogen-bond acceptors (Lipinski definition) is 4. The van der Waals surface area contributed by atoms with Gasteiger partial charge in [-0.2, -0.15) is 0 Å². The molecule has 0 atom stereocenters. The van der Waals surface area contributed by atoms with Crippen molar-refractivity contribution in [3.63, 3.8) is 0 Å². The van der Waals surface area contributed by atoms with Gasteiger partial charge in [0.1, 0.15) is 0 Å². The van der Waals surface area contributed by atoms with Gasteiger partial charge >= 0.3 is 5.97 Å². The average molecular weight is 265 g/mol. The van der Waals surface area contributed by atoms with E-state index in [1.165, 1.54) is 11.8 Å². The molecule has 0 spiro atoms. The summed E-state index contributed by atoms with van der Waals surface area (Å²) in [5.41, 5.74) is 5.60. The van der Waals surface area contributed by atoms with E-state index >= 15 is 0 Å². The fourth-order valence-electron chi connectivity index (χ4n) is 1.47. The molecule has 5 heteroatoms. The molecule has 18 heavy (non-hydrogen) atoms. The molecule has 1 fully saturated rings. The van der Waals surface area contributed by atoms with Gasteiger partial charge in [0.15, 0.2) is 0 Å². The Bertz CT molecular complexity index is 457. The second-order valence-corrected chi connectivity index (χ2v) is 5.31. The quantitative estimate of drug-likeness (QED) is 0.629. The Morgan fingerprint density at radius 2 is 2.06 bits per heavy atom. The van der Waals surface area contributed by atoms with Crippen molar-refractivity contribution in [2.24, 2.45) is 11.7 Å². The molecular formula is C13H15NO3S. The maximum absolute atomic E-state index is 11.9. The zero-order valence-electron chi connectivity index (χ0n) is 9.93. The maximum Gasteiger partial charge on any atom is 0.339 e. The largest absolute Gasteiger partial charge is 0.462 e. The van der Waals surface area contributed by atoms with E-state index in [4.69, 9.17) is 10.5 Å². The third-order valence-electron chi connectivity index (χ3n) is 2.62. The molecule has 2 rings (SSSR count). The van der Waals surface area contributed by atoms with Gasteiger partial charge in [0.25, 0.3) is 0 Å². The monoisotopic (exact) mass is 265 g/mol. The van der Waals surface area contributed by atoms with E-state index in [1.54, 1.807) is 18.2 Å². The fraction of sp³-hybridized carbons (Fsp3) is 0.385. The topological polar surface area (TPSA) is 69.4 Å². The maximum atomic E-state index is 11.9. The number of primary amides is 1. The SMILES string of the molecule is NC(=O)CSc1ccccc1C(=O)OCC1CC1. The summed E-state index contributed by atoms with van der Waals surface area (Å²) in [5, 5.41) is 0. The van der Waals surface area contributed by atoms with Gasteiger partial charge in [-0.15, -0.1) is 11.8 Å². The number of esters is 1. The summed E-state index contributed by atoms with van der Waals surface area (Å²) < 4.78 is 5.23. The lowest BCUT2D eigenvalue weighted by Gasteiger charge is -2.08. The van der Waals surface area contributed by atoms with Crippen LogP contribution in [0.1, 0.15) is 23.2 Å². The van der Waals surface area contributed by atoms with E-state index in [1.807, 2.05) is 6.07 Å². The molecule has 2 N–H and O–H groups in total. The summed E-state index contributed by atoms with van der Waals surface area (Å²) in [5.74, 6) is -0.0255. The lowest BCUT2D eigenvalue weighted by atomic mass is 10.2. The van der Waals surface area contributed by atoms with Gasteiger partial charge < -0.3 is 10.5 Å². The zero-order chi connectivity index (χ0) is 13.0. The highest BCUT2D eigenvalue weighted by Crippen LogP contribution is 2.29. The van der Waals surface area contributed by atoms with Crippen molar-refractivity contribution < 1.29 is 14.3 Å². The molecule has 1 aromatic rings. The Kier molecular flexibility index (Phi) is 4.25. The highest BCUT2D eigenvalue weighted by atomic mass is 32.2. The van der Waals surface area contributed by atoms with Gasteiger partial charge in [0.2, 0.25) is 5.91 Å². The van der Waals surface area contributed by atoms with Crippen molar-refractivity contribution in [1.82, 2.24) is 0 Å². The van der Waals surface area contributed by atoms with E-state index in [9.17, 15) is 9.59 Å². The minimum Gasteiger partial charge on any atom is -0.462 e. The lowest BCUT2D eigenvalue weighted by molar-refractivity contribution is -0.115. The van der Waals surface area contributed by atoms with Crippen LogP contribution >= 0.6 is 11.8 Å². The number of rotatable bonds is 6. The van der Waals surface area contributed by atoms with Gasteiger partial charge in [0, 0.05) is 4.90 Å². The van der Waals surface area contributed by atoms with Crippen LogP contribution in [0.2, 0.25) is 0 Å². The highest BCUT2D eigenvalue weighted by Gasteiger charge is 2.24. The summed E-state index contributed by atoms with van der Waals surface area (Å²) in [4.78, 5) is 23.4. The van der Waals surface area contributed by atoms with Crippen molar-refractivity contribution in [2.45, 2.75) is 17.7 Å².